The monoisotopic (exact) mass is 366 g/mol. The molecule has 0 heterocycles. The summed E-state index contributed by atoms with van der Waals surface area (Å²) in [4.78, 5) is 12.3. The van der Waals surface area contributed by atoms with Gasteiger partial charge in [-0.05, 0) is 71.9 Å². The Morgan fingerprint density at radius 2 is 1.68 bits per heavy atom. The Morgan fingerprint density at radius 1 is 0.960 bits per heavy atom. The zero-order chi connectivity index (χ0) is 17.4. The van der Waals surface area contributed by atoms with Crippen molar-refractivity contribution in [3.05, 3.63) is 76.3 Å². The molecule has 0 bridgehead atoms. The van der Waals surface area contributed by atoms with E-state index in [1.807, 2.05) is 6.07 Å². The smallest absolute Gasteiger partial charge is 0.257 e. The predicted molar refractivity (Wildman–Crippen MR) is 106 cm³/mol. The molecule has 0 spiro atoms. The first-order valence-corrected chi connectivity index (χ1v) is 8.82. The lowest BCUT2D eigenvalue weighted by atomic mass is 10.0. The van der Waals surface area contributed by atoms with Gasteiger partial charge < -0.3 is 5.32 Å². The molecule has 1 aliphatic carbocycles. The quantitative estimate of drug-likeness (QED) is 0.645. The fourth-order valence-corrected chi connectivity index (χ4v) is 3.61. The van der Waals surface area contributed by atoms with Gasteiger partial charge >= 0.3 is 0 Å². The van der Waals surface area contributed by atoms with Crippen molar-refractivity contribution in [3.8, 4) is 0 Å². The van der Waals surface area contributed by atoms with E-state index in [0.717, 1.165) is 23.9 Å². The summed E-state index contributed by atoms with van der Waals surface area (Å²) < 4.78 is 0. The SMILES string of the molecule is O=C(NC(=S)Nc1ccc2c3c(cccc13)CC2)c1ccc(Cl)cc1. The Hall–Kier alpha value is -2.43. The van der Waals surface area contributed by atoms with Crippen molar-refractivity contribution in [2.45, 2.75) is 12.8 Å². The van der Waals surface area contributed by atoms with Crippen molar-refractivity contribution in [1.82, 2.24) is 5.32 Å². The molecule has 2 N–H and O–H groups in total. The van der Waals surface area contributed by atoms with Crippen molar-refractivity contribution in [2.24, 2.45) is 0 Å². The van der Waals surface area contributed by atoms with E-state index in [4.69, 9.17) is 23.8 Å². The number of carbonyl (C=O) groups is 1. The van der Waals surface area contributed by atoms with Crippen molar-refractivity contribution in [1.29, 1.82) is 0 Å². The number of hydrogen-bond acceptors (Lipinski definition) is 2. The lowest BCUT2D eigenvalue weighted by Crippen LogP contribution is -2.34. The van der Waals surface area contributed by atoms with Crippen LogP contribution in [0.5, 0.6) is 0 Å². The van der Waals surface area contributed by atoms with Gasteiger partial charge in [-0.3, -0.25) is 10.1 Å². The highest BCUT2D eigenvalue weighted by Crippen LogP contribution is 2.34. The van der Waals surface area contributed by atoms with Gasteiger partial charge in [-0.1, -0.05) is 35.9 Å². The second-order valence-corrected chi connectivity index (χ2v) is 6.87. The molecule has 0 radical (unpaired) electrons. The number of anilines is 1. The van der Waals surface area contributed by atoms with E-state index in [0.29, 0.717) is 10.6 Å². The maximum atomic E-state index is 12.3. The van der Waals surface area contributed by atoms with Gasteiger partial charge in [0.15, 0.2) is 5.11 Å². The van der Waals surface area contributed by atoms with Gasteiger partial charge in [0, 0.05) is 21.7 Å². The molecule has 5 heteroatoms. The van der Waals surface area contributed by atoms with Crippen molar-refractivity contribution in [3.63, 3.8) is 0 Å². The van der Waals surface area contributed by atoms with Crippen molar-refractivity contribution >= 4 is 51.3 Å². The normalized spacial score (nSPS) is 12.2. The number of thiocarbonyl (C=S) groups is 1. The summed E-state index contributed by atoms with van der Waals surface area (Å²) in [6, 6.07) is 17.2. The van der Waals surface area contributed by atoms with Crippen LogP contribution in [0.4, 0.5) is 5.69 Å². The lowest BCUT2D eigenvalue weighted by molar-refractivity contribution is 0.0978. The van der Waals surface area contributed by atoms with Crippen LogP contribution in [0, 0.1) is 0 Å². The van der Waals surface area contributed by atoms with Gasteiger partial charge in [0.25, 0.3) is 5.91 Å². The molecule has 1 amide bonds. The highest BCUT2D eigenvalue weighted by atomic mass is 35.5. The van der Waals surface area contributed by atoms with Gasteiger partial charge in [0.05, 0.1) is 0 Å². The molecule has 0 aliphatic heterocycles. The number of aryl methyl sites for hydroxylation is 2. The molecule has 1 aliphatic rings. The summed E-state index contributed by atoms with van der Waals surface area (Å²) in [7, 11) is 0. The van der Waals surface area contributed by atoms with Gasteiger partial charge in [-0.25, -0.2) is 0 Å². The fourth-order valence-electron chi connectivity index (χ4n) is 3.29. The van der Waals surface area contributed by atoms with E-state index in [2.05, 4.69) is 34.9 Å². The van der Waals surface area contributed by atoms with Crippen LogP contribution in [0.2, 0.25) is 5.02 Å². The molecule has 25 heavy (non-hydrogen) atoms. The summed E-state index contributed by atoms with van der Waals surface area (Å²) in [6.45, 7) is 0. The number of carbonyl (C=O) groups excluding carboxylic acids is 1. The lowest BCUT2D eigenvalue weighted by Gasteiger charge is -2.13. The second kappa shape index (κ2) is 6.47. The van der Waals surface area contributed by atoms with Crippen LogP contribution in [0.25, 0.3) is 10.8 Å². The van der Waals surface area contributed by atoms with Gasteiger partial charge in [0.2, 0.25) is 0 Å². The zero-order valence-electron chi connectivity index (χ0n) is 13.3. The van der Waals surface area contributed by atoms with Crippen molar-refractivity contribution < 1.29 is 4.79 Å². The standard InChI is InChI=1S/C20H15ClN2OS/c21-15-9-6-14(7-10-15)19(24)23-20(25)22-17-11-8-13-5-4-12-2-1-3-16(17)18(12)13/h1-3,6-11H,4-5H2,(H2,22,23,24,25). The Kier molecular flexibility index (Phi) is 4.15. The van der Waals surface area contributed by atoms with Crippen LogP contribution < -0.4 is 10.6 Å². The molecule has 0 fully saturated rings. The minimum Gasteiger partial charge on any atom is -0.332 e. The maximum absolute atomic E-state index is 12.3. The van der Waals surface area contributed by atoms with Crippen LogP contribution in [0.1, 0.15) is 21.5 Å². The number of nitrogens with one attached hydrogen (secondary N) is 2. The van der Waals surface area contributed by atoms with Crippen LogP contribution in [0.3, 0.4) is 0 Å². The summed E-state index contributed by atoms with van der Waals surface area (Å²) in [5.41, 5.74) is 4.15. The third kappa shape index (κ3) is 3.11. The minimum atomic E-state index is -0.264. The Balaban J connectivity index is 1.55. The molecule has 3 aromatic carbocycles. The third-order valence-electron chi connectivity index (χ3n) is 4.46. The molecule has 0 unspecified atom stereocenters. The molecule has 0 atom stereocenters. The molecule has 3 aromatic rings. The van der Waals surface area contributed by atoms with Gasteiger partial charge in [-0.2, -0.15) is 0 Å². The first-order chi connectivity index (χ1) is 12.1. The van der Waals surface area contributed by atoms with E-state index in [-0.39, 0.29) is 11.0 Å². The number of benzene rings is 3. The van der Waals surface area contributed by atoms with E-state index >= 15 is 0 Å². The molecule has 0 aromatic heterocycles. The Bertz CT molecular complexity index is 988. The first kappa shape index (κ1) is 16.1. The molecule has 0 saturated heterocycles. The second-order valence-electron chi connectivity index (χ2n) is 6.03. The average molecular weight is 367 g/mol. The third-order valence-corrected chi connectivity index (χ3v) is 4.91. The van der Waals surface area contributed by atoms with Crippen molar-refractivity contribution in [2.75, 3.05) is 5.32 Å². The highest BCUT2D eigenvalue weighted by Gasteiger charge is 2.16. The molecule has 124 valence electrons. The van der Waals surface area contributed by atoms with E-state index in [9.17, 15) is 4.79 Å². The number of rotatable bonds is 2. The molecule has 3 nitrogen and oxygen atoms in total. The van der Waals surface area contributed by atoms with Crippen LogP contribution in [0.15, 0.2) is 54.6 Å². The summed E-state index contributed by atoms with van der Waals surface area (Å²) in [5, 5.41) is 9.17. The maximum Gasteiger partial charge on any atom is 0.257 e. The minimum absolute atomic E-state index is 0.264. The van der Waals surface area contributed by atoms with Crippen LogP contribution >= 0.6 is 23.8 Å². The van der Waals surface area contributed by atoms with E-state index < -0.39 is 0 Å². The van der Waals surface area contributed by atoms with Crippen LogP contribution in [-0.4, -0.2) is 11.0 Å². The Morgan fingerprint density at radius 3 is 2.44 bits per heavy atom. The first-order valence-electron chi connectivity index (χ1n) is 8.03. The summed E-state index contributed by atoms with van der Waals surface area (Å²) in [6.07, 6.45) is 2.15. The Labute approximate surface area is 156 Å². The van der Waals surface area contributed by atoms with E-state index in [1.54, 1.807) is 24.3 Å². The zero-order valence-corrected chi connectivity index (χ0v) is 14.9. The van der Waals surface area contributed by atoms with E-state index in [1.165, 1.54) is 16.5 Å². The molecular formula is C20H15ClN2OS. The largest absolute Gasteiger partial charge is 0.332 e. The number of hydrogen-bond donors (Lipinski definition) is 2. The summed E-state index contributed by atoms with van der Waals surface area (Å²) >= 11 is 11.2. The molecular weight excluding hydrogens is 352 g/mol. The fraction of sp³-hybridized carbons (Fsp3) is 0.100. The molecule has 0 saturated carbocycles. The number of halogens is 1. The number of amides is 1. The molecule has 4 rings (SSSR count). The topological polar surface area (TPSA) is 41.1 Å². The summed E-state index contributed by atoms with van der Waals surface area (Å²) in [5.74, 6) is -0.264. The van der Waals surface area contributed by atoms with Gasteiger partial charge in [-0.15, -0.1) is 0 Å². The highest BCUT2D eigenvalue weighted by molar-refractivity contribution is 7.80. The average Bonchev–Trinajstić information content (AvgIpc) is 3.03. The van der Waals surface area contributed by atoms with Gasteiger partial charge in [0.1, 0.15) is 0 Å². The van der Waals surface area contributed by atoms with Crippen LogP contribution in [-0.2, 0) is 12.8 Å². The predicted octanol–water partition coefficient (Wildman–Crippen LogP) is 4.72.